The van der Waals surface area contributed by atoms with E-state index in [1.54, 1.807) is 18.5 Å². The Bertz CT molecular complexity index is 1270. The Morgan fingerprint density at radius 2 is 1.97 bits per heavy atom. The van der Waals surface area contributed by atoms with E-state index in [4.69, 9.17) is 9.47 Å². The number of nitrogens with zero attached hydrogens (tertiary/aromatic N) is 4. The largest absolute Gasteiger partial charge is 0.476 e. The van der Waals surface area contributed by atoms with Gasteiger partial charge in [-0.15, -0.1) is 0 Å². The topological polar surface area (TPSA) is 134 Å². The van der Waals surface area contributed by atoms with E-state index in [9.17, 15) is 8.42 Å². The predicted molar refractivity (Wildman–Crippen MR) is 141 cm³/mol. The molecule has 0 amide bonds. The number of hydrogen-bond acceptors (Lipinski definition) is 9. The number of rotatable bonds is 11. The van der Waals surface area contributed by atoms with E-state index >= 15 is 0 Å². The first-order valence-corrected chi connectivity index (χ1v) is 14.7. The third-order valence-corrected chi connectivity index (χ3v) is 8.18. The minimum Gasteiger partial charge on any atom is -0.476 e. The first kappa shape index (κ1) is 25.8. The Balaban J connectivity index is 1.21. The van der Waals surface area contributed by atoms with Crippen LogP contribution in [0.2, 0.25) is 0 Å². The average molecular weight is 530 g/mol. The maximum absolute atomic E-state index is 12.6. The number of benzene rings is 1. The van der Waals surface area contributed by atoms with Crippen LogP contribution in [-0.2, 0) is 20.5 Å². The quantitative estimate of drug-likeness (QED) is 0.343. The molecule has 0 unspecified atom stereocenters. The molecule has 3 N–H and O–H groups in total. The van der Waals surface area contributed by atoms with Crippen LogP contribution in [0, 0.1) is 5.92 Å². The fourth-order valence-electron chi connectivity index (χ4n) is 4.84. The highest BCUT2D eigenvalue weighted by Crippen LogP contribution is 2.27. The summed E-state index contributed by atoms with van der Waals surface area (Å²) < 4.78 is 39.4. The first-order valence-electron chi connectivity index (χ1n) is 13.0. The van der Waals surface area contributed by atoms with Crippen molar-refractivity contribution < 1.29 is 17.9 Å². The van der Waals surface area contributed by atoms with Crippen molar-refractivity contribution in [2.24, 2.45) is 5.92 Å². The van der Waals surface area contributed by atoms with Gasteiger partial charge in [0.1, 0.15) is 5.52 Å². The number of aromatic amines is 1. The molecule has 5 rings (SSSR count). The van der Waals surface area contributed by atoms with Crippen LogP contribution in [0.4, 0.5) is 11.6 Å². The van der Waals surface area contributed by atoms with Gasteiger partial charge in [0, 0.05) is 31.9 Å². The minimum absolute atomic E-state index is 0.110. The van der Waals surface area contributed by atoms with Gasteiger partial charge in [-0.05, 0) is 36.5 Å². The van der Waals surface area contributed by atoms with Gasteiger partial charge in [-0.25, -0.2) is 18.1 Å². The van der Waals surface area contributed by atoms with Crippen LogP contribution in [0.25, 0.3) is 11.2 Å². The lowest BCUT2D eigenvalue weighted by Gasteiger charge is -2.26. The van der Waals surface area contributed by atoms with Crippen molar-refractivity contribution in [2.45, 2.75) is 37.9 Å². The van der Waals surface area contributed by atoms with E-state index in [0.29, 0.717) is 73.1 Å². The molecule has 0 radical (unpaired) electrons. The van der Waals surface area contributed by atoms with Gasteiger partial charge < -0.3 is 19.8 Å². The Morgan fingerprint density at radius 1 is 1.14 bits per heavy atom. The molecule has 3 heterocycles. The van der Waals surface area contributed by atoms with E-state index in [2.05, 4.69) is 34.9 Å². The molecule has 1 aliphatic heterocycles. The highest BCUT2D eigenvalue weighted by Gasteiger charge is 2.18. The molecule has 0 atom stereocenters. The average Bonchev–Trinajstić information content (AvgIpc) is 3.37. The van der Waals surface area contributed by atoms with Crippen molar-refractivity contribution in [3.05, 3.63) is 36.2 Å². The molecule has 2 aromatic heterocycles. The van der Waals surface area contributed by atoms with Crippen molar-refractivity contribution in [3.8, 4) is 5.88 Å². The van der Waals surface area contributed by atoms with E-state index in [0.717, 1.165) is 13.1 Å². The van der Waals surface area contributed by atoms with Crippen molar-refractivity contribution in [2.75, 3.05) is 51.3 Å². The van der Waals surface area contributed by atoms with Gasteiger partial charge in [-0.3, -0.25) is 4.90 Å². The Labute approximate surface area is 217 Å². The Hall–Kier alpha value is -2.80. The van der Waals surface area contributed by atoms with E-state index in [1.165, 1.54) is 32.1 Å². The molecule has 11 nitrogen and oxygen atoms in total. The molecule has 1 saturated heterocycles. The maximum atomic E-state index is 12.6. The number of imidazole rings is 1. The zero-order chi connectivity index (χ0) is 25.5. The number of H-pyrrole nitrogens is 1. The molecule has 37 heavy (non-hydrogen) atoms. The normalized spacial score (nSPS) is 17.7. The molecular weight excluding hydrogens is 494 g/mol. The van der Waals surface area contributed by atoms with Gasteiger partial charge in [-0.1, -0.05) is 31.4 Å². The van der Waals surface area contributed by atoms with Gasteiger partial charge in [-0.2, -0.15) is 9.97 Å². The summed E-state index contributed by atoms with van der Waals surface area (Å²) in [6.07, 6.45) is 7.74. The van der Waals surface area contributed by atoms with Crippen LogP contribution < -0.4 is 14.8 Å². The van der Waals surface area contributed by atoms with Crippen LogP contribution >= 0.6 is 0 Å². The van der Waals surface area contributed by atoms with E-state index < -0.39 is 10.0 Å². The lowest BCUT2D eigenvalue weighted by molar-refractivity contribution is 0.0390. The van der Waals surface area contributed by atoms with Crippen LogP contribution in [-0.4, -0.2) is 79.3 Å². The van der Waals surface area contributed by atoms with Crippen molar-refractivity contribution in [1.29, 1.82) is 0 Å². The molecule has 200 valence electrons. The number of ether oxygens (including phenoxy) is 2. The molecule has 2 aliphatic rings. The molecule has 1 saturated carbocycles. The summed E-state index contributed by atoms with van der Waals surface area (Å²) in [6.45, 7) is 4.71. The zero-order valence-electron chi connectivity index (χ0n) is 21.0. The van der Waals surface area contributed by atoms with Gasteiger partial charge in [0.25, 0.3) is 0 Å². The highest BCUT2D eigenvalue weighted by atomic mass is 32.2. The van der Waals surface area contributed by atoms with E-state index in [-0.39, 0.29) is 5.75 Å². The van der Waals surface area contributed by atoms with Gasteiger partial charge in [0.15, 0.2) is 5.65 Å². The summed E-state index contributed by atoms with van der Waals surface area (Å²) >= 11 is 0. The van der Waals surface area contributed by atoms with Crippen LogP contribution in [0.5, 0.6) is 5.88 Å². The molecule has 3 aromatic rings. The van der Waals surface area contributed by atoms with Gasteiger partial charge in [0.05, 0.1) is 31.9 Å². The standard InChI is InChI=1S/C25H35N7O4S/c33-37(34,28-9-10-32-11-13-35-14-12-32)17-20-7-4-8-21(15-20)29-25-30-23-22(26-18-27-23)24(31-25)36-16-19-5-2-1-3-6-19/h4,7-8,15,18-19,28H,1-3,5-6,9-14,16-17H2,(H2,26,27,29,30,31). The van der Waals surface area contributed by atoms with Crippen LogP contribution in [0.15, 0.2) is 30.6 Å². The zero-order valence-corrected chi connectivity index (χ0v) is 21.8. The van der Waals surface area contributed by atoms with Gasteiger partial charge >= 0.3 is 0 Å². The SMILES string of the molecule is O=S(=O)(Cc1cccc(Nc2nc(OCC3CCCCC3)c3[nH]cnc3n2)c1)NCCN1CCOCC1. The fourth-order valence-corrected chi connectivity index (χ4v) is 5.96. The molecule has 0 bridgehead atoms. The number of anilines is 2. The molecule has 1 aromatic carbocycles. The third-order valence-electron chi connectivity index (χ3n) is 6.83. The summed E-state index contributed by atoms with van der Waals surface area (Å²) in [5, 5.41) is 3.19. The number of hydrogen-bond donors (Lipinski definition) is 3. The third kappa shape index (κ3) is 7.37. The number of fused-ring (bicyclic) bond motifs is 1. The summed E-state index contributed by atoms with van der Waals surface area (Å²) in [4.78, 5) is 18.6. The summed E-state index contributed by atoms with van der Waals surface area (Å²) in [7, 11) is -3.47. The van der Waals surface area contributed by atoms with Crippen molar-refractivity contribution in [3.63, 3.8) is 0 Å². The number of aromatic nitrogens is 4. The number of morpholine rings is 1. The molecule has 12 heteroatoms. The second-order valence-electron chi connectivity index (χ2n) is 9.70. The lowest BCUT2D eigenvalue weighted by atomic mass is 9.90. The van der Waals surface area contributed by atoms with Gasteiger partial charge in [0.2, 0.25) is 21.9 Å². The fraction of sp³-hybridized carbons (Fsp3) is 0.560. The molecule has 1 aliphatic carbocycles. The second-order valence-corrected chi connectivity index (χ2v) is 11.5. The second kappa shape index (κ2) is 12.2. The Morgan fingerprint density at radius 3 is 2.81 bits per heavy atom. The molecule has 2 fully saturated rings. The Kier molecular flexibility index (Phi) is 8.49. The van der Waals surface area contributed by atoms with Crippen molar-refractivity contribution in [1.82, 2.24) is 29.6 Å². The van der Waals surface area contributed by atoms with E-state index in [1.807, 2.05) is 12.1 Å². The molecule has 0 spiro atoms. The smallest absolute Gasteiger partial charge is 0.245 e. The maximum Gasteiger partial charge on any atom is 0.245 e. The number of nitrogens with one attached hydrogen (secondary N) is 3. The minimum atomic E-state index is -3.47. The molecular formula is C25H35N7O4S. The summed E-state index contributed by atoms with van der Waals surface area (Å²) in [6, 6.07) is 7.25. The monoisotopic (exact) mass is 529 g/mol. The predicted octanol–water partition coefficient (Wildman–Crippen LogP) is 2.81. The highest BCUT2D eigenvalue weighted by molar-refractivity contribution is 7.88. The van der Waals surface area contributed by atoms with Crippen LogP contribution in [0.1, 0.15) is 37.7 Å². The first-order chi connectivity index (χ1) is 18.0. The summed E-state index contributed by atoms with van der Waals surface area (Å²) in [5.41, 5.74) is 2.54. The lowest BCUT2D eigenvalue weighted by Crippen LogP contribution is -2.41. The van der Waals surface area contributed by atoms with Crippen molar-refractivity contribution >= 4 is 32.8 Å². The summed E-state index contributed by atoms with van der Waals surface area (Å²) in [5.74, 6) is 1.25. The van der Waals surface area contributed by atoms with Crippen LogP contribution in [0.3, 0.4) is 0 Å². The number of sulfonamides is 1.